The summed E-state index contributed by atoms with van der Waals surface area (Å²) in [5, 5.41) is 22.3. The Morgan fingerprint density at radius 2 is 2.05 bits per heavy atom. The minimum atomic E-state index is -5.18. The van der Waals surface area contributed by atoms with Crippen molar-refractivity contribution in [3.05, 3.63) is 11.3 Å². The van der Waals surface area contributed by atoms with E-state index in [9.17, 15) is 33.0 Å². The van der Waals surface area contributed by atoms with Gasteiger partial charge in [-0.3, -0.25) is 4.79 Å². The number of aliphatic hydroxyl groups is 1. The SMILES string of the molecule is O=C1CCCC2=C1CC(C(=O)[O-])C(O)(C(F)(F)F)N2. The number of carboxylic acid groups (broad SMARTS) is 1. The van der Waals surface area contributed by atoms with Crippen LogP contribution in [0.25, 0.3) is 0 Å². The number of halogens is 3. The van der Waals surface area contributed by atoms with Gasteiger partial charge in [0, 0.05) is 23.7 Å². The smallest absolute Gasteiger partial charge is 0.437 e. The minimum absolute atomic E-state index is 0.0198. The minimum Gasteiger partial charge on any atom is -0.550 e. The number of carbonyl (C=O) groups is 2. The number of allylic oxidation sites excluding steroid dienone is 2. The van der Waals surface area contributed by atoms with Gasteiger partial charge in [-0.1, -0.05) is 0 Å². The maximum Gasteiger partial charge on any atom is 0.437 e. The van der Waals surface area contributed by atoms with Crippen LogP contribution in [0, 0.1) is 5.92 Å². The van der Waals surface area contributed by atoms with Crippen molar-refractivity contribution in [3.8, 4) is 0 Å². The van der Waals surface area contributed by atoms with Crippen molar-refractivity contribution >= 4 is 11.8 Å². The van der Waals surface area contributed by atoms with Crippen LogP contribution < -0.4 is 10.4 Å². The molecule has 0 radical (unpaired) electrons. The van der Waals surface area contributed by atoms with Gasteiger partial charge in [-0.2, -0.15) is 13.2 Å². The molecule has 106 valence electrons. The molecule has 0 spiro atoms. The maximum absolute atomic E-state index is 12.9. The lowest BCUT2D eigenvalue weighted by atomic mass is 9.78. The standard InChI is InChI=1S/C11H12F3NO4/c12-11(13,14)10(19)6(9(17)18)4-5-7(15-10)2-1-3-8(5)16/h6,15,19H,1-4H2,(H,17,18)/p-1. The van der Waals surface area contributed by atoms with Gasteiger partial charge < -0.3 is 20.3 Å². The van der Waals surface area contributed by atoms with E-state index < -0.39 is 30.2 Å². The number of rotatable bonds is 1. The van der Waals surface area contributed by atoms with Crippen LogP contribution in [0.1, 0.15) is 25.7 Å². The molecule has 0 fully saturated rings. The van der Waals surface area contributed by atoms with Crippen LogP contribution in [-0.2, 0) is 9.59 Å². The van der Waals surface area contributed by atoms with E-state index in [2.05, 4.69) is 0 Å². The molecule has 0 aromatic heterocycles. The van der Waals surface area contributed by atoms with E-state index in [1.54, 1.807) is 5.32 Å². The fourth-order valence-electron chi connectivity index (χ4n) is 2.46. The number of hydrogen-bond donors (Lipinski definition) is 2. The zero-order valence-electron chi connectivity index (χ0n) is 9.71. The fraction of sp³-hybridized carbons (Fsp3) is 0.636. The van der Waals surface area contributed by atoms with Gasteiger partial charge >= 0.3 is 6.18 Å². The number of carboxylic acids is 1. The van der Waals surface area contributed by atoms with Crippen molar-refractivity contribution in [3.63, 3.8) is 0 Å². The quantitative estimate of drug-likeness (QED) is 0.681. The first-order valence-electron chi connectivity index (χ1n) is 5.70. The van der Waals surface area contributed by atoms with Gasteiger partial charge in [0.1, 0.15) is 0 Å². The second-order valence-electron chi connectivity index (χ2n) is 4.70. The summed E-state index contributed by atoms with van der Waals surface area (Å²) in [4.78, 5) is 22.4. The maximum atomic E-state index is 12.9. The Hall–Kier alpha value is -1.57. The molecule has 0 saturated heterocycles. The second-order valence-corrected chi connectivity index (χ2v) is 4.70. The molecule has 2 unspecified atom stereocenters. The highest BCUT2D eigenvalue weighted by molar-refractivity contribution is 5.97. The zero-order chi connectivity index (χ0) is 14.4. The van der Waals surface area contributed by atoms with Crippen LogP contribution in [0.2, 0.25) is 0 Å². The molecule has 19 heavy (non-hydrogen) atoms. The van der Waals surface area contributed by atoms with Crippen LogP contribution >= 0.6 is 0 Å². The van der Waals surface area contributed by atoms with E-state index in [1.807, 2.05) is 0 Å². The van der Waals surface area contributed by atoms with Crippen molar-refractivity contribution in [2.45, 2.75) is 37.6 Å². The average Bonchev–Trinajstić information content (AvgIpc) is 2.26. The Labute approximate surface area is 106 Å². The number of ketones is 1. The molecule has 5 nitrogen and oxygen atoms in total. The average molecular weight is 278 g/mol. The second kappa shape index (κ2) is 4.22. The first-order chi connectivity index (χ1) is 8.67. The molecule has 0 saturated carbocycles. The zero-order valence-corrected chi connectivity index (χ0v) is 9.71. The highest BCUT2D eigenvalue weighted by atomic mass is 19.4. The van der Waals surface area contributed by atoms with E-state index in [0.29, 0.717) is 6.42 Å². The Morgan fingerprint density at radius 3 is 2.58 bits per heavy atom. The highest BCUT2D eigenvalue weighted by Crippen LogP contribution is 2.43. The van der Waals surface area contributed by atoms with E-state index >= 15 is 0 Å². The lowest BCUT2D eigenvalue weighted by Crippen LogP contribution is -2.67. The first kappa shape index (κ1) is 13.9. The highest BCUT2D eigenvalue weighted by Gasteiger charge is 2.61. The number of aliphatic carboxylic acids is 1. The summed E-state index contributed by atoms with van der Waals surface area (Å²) in [7, 11) is 0. The van der Waals surface area contributed by atoms with Gasteiger partial charge in [0.2, 0.25) is 5.72 Å². The summed E-state index contributed by atoms with van der Waals surface area (Å²) in [6.07, 6.45) is -5.13. The molecule has 0 aromatic rings. The molecule has 0 amide bonds. The van der Waals surface area contributed by atoms with Crippen LogP contribution in [0.15, 0.2) is 11.3 Å². The first-order valence-corrected chi connectivity index (χ1v) is 5.70. The lowest BCUT2D eigenvalue weighted by Gasteiger charge is -2.44. The summed E-state index contributed by atoms with van der Waals surface area (Å²) < 4.78 is 38.6. The van der Waals surface area contributed by atoms with Gasteiger partial charge in [-0.05, 0) is 19.3 Å². The molecule has 1 aliphatic carbocycles. The molecule has 2 aliphatic rings. The van der Waals surface area contributed by atoms with Gasteiger partial charge in [-0.25, -0.2) is 0 Å². The fourth-order valence-corrected chi connectivity index (χ4v) is 2.46. The molecule has 2 atom stereocenters. The predicted octanol–water partition coefficient (Wildman–Crippen LogP) is -0.396. The summed E-state index contributed by atoms with van der Waals surface area (Å²) in [5.74, 6) is -4.67. The van der Waals surface area contributed by atoms with Crippen LogP contribution in [0.4, 0.5) is 13.2 Å². The number of carbonyl (C=O) groups excluding carboxylic acids is 2. The Bertz CT molecular complexity index is 471. The predicted molar refractivity (Wildman–Crippen MR) is 53.1 cm³/mol. The molecular formula is C11H11F3NO4-. The summed E-state index contributed by atoms with van der Waals surface area (Å²) in [6, 6.07) is 0. The summed E-state index contributed by atoms with van der Waals surface area (Å²) in [6.45, 7) is 0. The van der Waals surface area contributed by atoms with Gasteiger partial charge in [-0.15, -0.1) is 0 Å². The molecule has 1 heterocycles. The molecule has 2 N–H and O–H groups in total. The number of alkyl halides is 3. The normalized spacial score (nSPS) is 31.8. The molecule has 1 aliphatic heterocycles. The number of nitrogens with one attached hydrogen (secondary N) is 1. The van der Waals surface area contributed by atoms with Crippen LogP contribution in [0.5, 0.6) is 0 Å². The largest absolute Gasteiger partial charge is 0.550 e. The lowest BCUT2D eigenvalue weighted by molar-refractivity contribution is -0.341. The summed E-state index contributed by atoms with van der Waals surface area (Å²) >= 11 is 0. The number of hydrogen-bond acceptors (Lipinski definition) is 5. The van der Waals surface area contributed by atoms with Crippen LogP contribution in [0.3, 0.4) is 0 Å². The molecule has 8 heteroatoms. The summed E-state index contributed by atoms with van der Waals surface area (Å²) in [5.41, 5.74) is -3.59. The molecule has 0 aromatic carbocycles. The van der Waals surface area contributed by atoms with E-state index in [1.165, 1.54) is 0 Å². The van der Waals surface area contributed by atoms with E-state index in [0.717, 1.165) is 0 Å². The Kier molecular flexibility index (Phi) is 3.08. The van der Waals surface area contributed by atoms with Crippen molar-refractivity contribution < 1.29 is 33.0 Å². The van der Waals surface area contributed by atoms with Gasteiger partial charge in [0.25, 0.3) is 0 Å². The van der Waals surface area contributed by atoms with E-state index in [-0.39, 0.29) is 29.9 Å². The van der Waals surface area contributed by atoms with Crippen molar-refractivity contribution in [1.29, 1.82) is 0 Å². The Morgan fingerprint density at radius 1 is 1.42 bits per heavy atom. The molecule has 2 rings (SSSR count). The van der Waals surface area contributed by atoms with Gasteiger partial charge in [0.15, 0.2) is 5.78 Å². The van der Waals surface area contributed by atoms with Crippen LogP contribution in [-0.4, -0.2) is 28.8 Å². The third kappa shape index (κ3) is 2.09. The number of Topliss-reactive ketones (excluding diaryl/α,β-unsaturated/α-hetero) is 1. The third-order valence-corrected chi connectivity index (χ3v) is 3.50. The topological polar surface area (TPSA) is 89.5 Å². The van der Waals surface area contributed by atoms with Crippen molar-refractivity contribution in [2.24, 2.45) is 5.92 Å². The van der Waals surface area contributed by atoms with Crippen molar-refractivity contribution in [1.82, 2.24) is 5.32 Å². The van der Waals surface area contributed by atoms with Crippen molar-refractivity contribution in [2.75, 3.05) is 0 Å². The monoisotopic (exact) mass is 278 g/mol. The molecular weight excluding hydrogens is 267 g/mol. The van der Waals surface area contributed by atoms with E-state index in [4.69, 9.17) is 0 Å². The molecule has 0 bridgehead atoms. The van der Waals surface area contributed by atoms with Gasteiger partial charge in [0.05, 0.1) is 5.92 Å². The third-order valence-electron chi connectivity index (χ3n) is 3.50. The Balaban J connectivity index is 2.47.